The number of nitrogens with zero attached hydrogens (tertiary/aromatic N) is 2. The second-order valence-electron chi connectivity index (χ2n) is 6.35. The van der Waals surface area contributed by atoms with E-state index in [9.17, 15) is 0 Å². The molecule has 122 valence electrons. The molecule has 0 radical (unpaired) electrons. The number of hydrogen-bond acceptors (Lipinski definition) is 5. The Balaban J connectivity index is 1.26. The summed E-state index contributed by atoms with van der Waals surface area (Å²) < 4.78 is 5.88. The van der Waals surface area contributed by atoms with Gasteiger partial charge in [0.05, 0.1) is 12.7 Å². The van der Waals surface area contributed by atoms with Gasteiger partial charge in [0.1, 0.15) is 5.01 Å². The van der Waals surface area contributed by atoms with E-state index in [-0.39, 0.29) is 0 Å². The smallest absolute Gasteiger partial charge is 0.123 e. The Morgan fingerprint density at radius 2 is 2.13 bits per heavy atom. The molecule has 1 aromatic heterocycles. The number of rotatable bonds is 6. The largest absolute Gasteiger partial charge is 0.374 e. The van der Waals surface area contributed by atoms with E-state index in [0.717, 1.165) is 43.8 Å². The van der Waals surface area contributed by atoms with Crippen LogP contribution in [0.5, 0.6) is 0 Å². The lowest BCUT2D eigenvalue weighted by molar-refractivity contribution is -0.0301. The highest BCUT2D eigenvalue weighted by Gasteiger charge is 2.32. The summed E-state index contributed by atoms with van der Waals surface area (Å²) in [7, 11) is 0. The number of morpholine rings is 1. The van der Waals surface area contributed by atoms with Gasteiger partial charge < -0.3 is 10.1 Å². The van der Waals surface area contributed by atoms with Crippen LogP contribution in [-0.4, -0.2) is 48.3 Å². The van der Waals surface area contributed by atoms with E-state index in [2.05, 4.69) is 39.5 Å². The van der Waals surface area contributed by atoms with E-state index in [4.69, 9.17) is 4.74 Å². The maximum absolute atomic E-state index is 5.88. The number of ether oxygens (including phenoxy) is 1. The number of thiazole rings is 1. The first kappa shape index (κ1) is 15.3. The Morgan fingerprint density at radius 1 is 1.26 bits per heavy atom. The van der Waals surface area contributed by atoms with Gasteiger partial charge in [-0.25, -0.2) is 4.98 Å². The molecule has 2 aromatic rings. The summed E-state index contributed by atoms with van der Waals surface area (Å²) in [5, 5.41) is 4.63. The lowest BCUT2D eigenvalue weighted by Crippen LogP contribution is -2.47. The fourth-order valence-electron chi connectivity index (χ4n) is 3.10. The number of aromatic nitrogens is 1. The van der Waals surface area contributed by atoms with Gasteiger partial charge in [-0.2, -0.15) is 0 Å². The molecule has 1 aromatic carbocycles. The molecule has 2 fully saturated rings. The van der Waals surface area contributed by atoms with Gasteiger partial charge >= 0.3 is 0 Å². The minimum Gasteiger partial charge on any atom is -0.374 e. The number of benzene rings is 1. The average molecular weight is 329 g/mol. The lowest BCUT2D eigenvalue weighted by Gasteiger charge is -2.33. The van der Waals surface area contributed by atoms with Crippen LogP contribution in [0.25, 0.3) is 10.6 Å². The summed E-state index contributed by atoms with van der Waals surface area (Å²) in [6, 6.07) is 11.2. The molecule has 1 saturated heterocycles. The van der Waals surface area contributed by atoms with E-state index in [1.54, 1.807) is 11.3 Å². The number of hydrogen-bond donors (Lipinski definition) is 1. The van der Waals surface area contributed by atoms with Crippen LogP contribution in [0.15, 0.2) is 36.5 Å². The van der Waals surface area contributed by atoms with Crippen molar-refractivity contribution in [2.24, 2.45) is 0 Å². The van der Waals surface area contributed by atoms with E-state index >= 15 is 0 Å². The van der Waals surface area contributed by atoms with Crippen molar-refractivity contribution in [3.63, 3.8) is 0 Å². The summed E-state index contributed by atoms with van der Waals surface area (Å²) in [5.41, 5.74) is 1.19. The van der Waals surface area contributed by atoms with Gasteiger partial charge in [0.2, 0.25) is 0 Å². The van der Waals surface area contributed by atoms with E-state index in [1.165, 1.54) is 23.3 Å². The second-order valence-corrected chi connectivity index (χ2v) is 7.46. The molecule has 5 heteroatoms. The molecule has 0 spiro atoms. The summed E-state index contributed by atoms with van der Waals surface area (Å²) in [5.74, 6) is 0. The van der Waals surface area contributed by atoms with Gasteiger partial charge in [-0.15, -0.1) is 11.3 Å². The molecule has 1 atom stereocenters. The monoisotopic (exact) mass is 329 g/mol. The predicted molar refractivity (Wildman–Crippen MR) is 93.6 cm³/mol. The van der Waals surface area contributed by atoms with Crippen LogP contribution in [-0.2, 0) is 11.3 Å². The van der Waals surface area contributed by atoms with E-state index < -0.39 is 0 Å². The fraction of sp³-hybridized carbons (Fsp3) is 0.500. The molecule has 4 nitrogen and oxygen atoms in total. The fourth-order valence-corrected chi connectivity index (χ4v) is 3.98. The maximum atomic E-state index is 5.88. The van der Waals surface area contributed by atoms with Gasteiger partial charge in [-0.05, 0) is 12.8 Å². The third-order valence-electron chi connectivity index (χ3n) is 4.48. The van der Waals surface area contributed by atoms with E-state index in [1.807, 2.05) is 12.3 Å². The highest BCUT2D eigenvalue weighted by atomic mass is 32.1. The van der Waals surface area contributed by atoms with Gasteiger partial charge in [-0.3, -0.25) is 4.90 Å². The first-order chi connectivity index (χ1) is 11.4. The zero-order valence-corrected chi connectivity index (χ0v) is 14.1. The zero-order valence-electron chi connectivity index (χ0n) is 13.3. The second kappa shape index (κ2) is 7.09. The minimum absolute atomic E-state index is 0.325. The third kappa shape index (κ3) is 3.98. The minimum atomic E-state index is 0.325. The lowest BCUT2D eigenvalue weighted by atomic mass is 10.2. The van der Waals surface area contributed by atoms with Gasteiger partial charge in [0, 0.05) is 48.9 Å². The van der Waals surface area contributed by atoms with Crippen LogP contribution in [0.1, 0.15) is 17.7 Å². The standard InChI is InChI=1S/C18H23N3OS/c1-2-4-14(5-3-1)18-20-12-17(23-18)11-19-10-16-13-21(8-9-22-16)15-6-7-15/h1-5,12,15-16,19H,6-11,13H2/t16-/m1/s1. The quantitative estimate of drug-likeness (QED) is 0.884. The molecular formula is C18H23N3OS. The Hall–Kier alpha value is -1.27. The maximum Gasteiger partial charge on any atom is 0.123 e. The molecule has 1 saturated carbocycles. The molecule has 0 amide bonds. The van der Waals surface area contributed by atoms with Crippen molar-refractivity contribution in [2.75, 3.05) is 26.2 Å². The molecule has 4 rings (SSSR count). The molecule has 23 heavy (non-hydrogen) atoms. The Morgan fingerprint density at radius 3 is 2.96 bits per heavy atom. The van der Waals surface area contributed by atoms with Gasteiger partial charge in [-0.1, -0.05) is 30.3 Å². The van der Waals surface area contributed by atoms with Gasteiger partial charge in [0.15, 0.2) is 0 Å². The number of nitrogens with one attached hydrogen (secondary N) is 1. The van der Waals surface area contributed by atoms with Crippen molar-refractivity contribution in [1.82, 2.24) is 15.2 Å². The first-order valence-corrected chi connectivity index (χ1v) is 9.26. The first-order valence-electron chi connectivity index (χ1n) is 8.45. The van der Waals surface area contributed by atoms with Gasteiger partial charge in [0.25, 0.3) is 0 Å². The van der Waals surface area contributed by atoms with Crippen LogP contribution < -0.4 is 5.32 Å². The molecule has 1 N–H and O–H groups in total. The van der Waals surface area contributed by atoms with Crippen molar-refractivity contribution in [3.8, 4) is 10.6 Å². The molecular weight excluding hydrogens is 306 g/mol. The topological polar surface area (TPSA) is 37.4 Å². The zero-order chi connectivity index (χ0) is 15.5. The highest BCUT2D eigenvalue weighted by Crippen LogP contribution is 2.28. The molecule has 1 aliphatic carbocycles. The molecule has 2 aliphatic rings. The average Bonchev–Trinajstić information content (AvgIpc) is 3.35. The van der Waals surface area contributed by atoms with E-state index in [0.29, 0.717) is 6.10 Å². The molecule has 0 bridgehead atoms. The van der Waals surface area contributed by atoms with Crippen LogP contribution in [0, 0.1) is 0 Å². The summed E-state index contributed by atoms with van der Waals surface area (Å²) >= 11 is 1.76. The van der Waals surface area contributed by atoms with Crippen molar-refractivity contribution in [2.45, 2.75) is 31.5 Å². The van der Waals surface area contributed by atoms with Crippen molar-refractivity contribution in [3.05, 3.63) is 41.4 Å². The summed E-state index contributed by atoms with van der Waals surface area (Å²) in [6.07, 6.45) is 5.07. The summed E-state index contributed by atoms with van der Waals surface area (Å²) in [6.45, 7) is 4.85. The Kier molecular flexibility index (Phi) is 4.71. The molecule has 1 aliphatic heterocycles. The van der Waals surface area contributed by atoms with Crippen molar-refractivity contribution in [1.29, 1.82) is 0 Å². The predicted octanol–water partition coefficient (Wildman–Crippen LogP) is 2.76. The van der Waals surface area contributed by atoms with Crippen LogP contribution >= 0.6 is 11.3 Å². The van der Waals surface area contributed by atoms with Crippen LogP contribution in [0.2, 0.25) is 0 Å². The highest BCUT2D eigenvalue weighted by molar-refractivity contribution is 7.15. The Labute approximate surface area is 141 Å². The molecule has 0 unspecified atom stereocenters. The third-order valence-corrected chi connectivity index (χ3v) is 5.53. The summed E-state index contributed by atoms with van der Waals surface area (Å²) in [4.78, 5) is 8.40. The molecule has 2 heterocycles. The van der Waals surface area contributed by atoms with Crippen LogP contribution in [0.3, 0.4) is 0 Å². The SMILES string of the molecule is c1ccc(-c2ncc(CNC[C@@H]3CN(C4CC4)CCO3)s2)cc1. The van der Waals surface area contributed by atoms with Crippen molar-refractivity contribution < 1.29 is 4.74 Å². The Bertz CT molecular complexity index is 626. The normalized spacial score (nSPS) is 22.3. The van der Waals surface area contributed by atoms with Crippen molar-refractivity contribution >= 4 is 11.3 Å². The van der Waals surface area contributed by atoms with Crippen LogP contribution in [0.4, 0.5) is 0 Å².